The number of halogens is 2. The monoisotopic (exact) mass is 625 g/mol. The molecule has 0 N–H and O–H groups in total. The van der Waals surface area contributed by atoms with Gasteiger partial charge in [-0.2, -0.15) is 6.07 Å². The van der Waals surface area contributed by atoms with Crippen LogP contribution in [0.25, 0.3) is 27.1 Å². The molecule has 1 nitrogen and oxygen atoms in total. The molecule has 3 aromatic carbocycles. The van der Waals surface area contributed by atoms with Gasteiger partial charge in [-0.1, -0.05) is 87.7 Å². The van der Waals surface area contributed by atoms with Gasteiger partial charge in [0.15, 0.2) is 0 Å². The largest absolute Gasteiger partial charge is 3.00 e. The first-order chi connectivity index (χ1) is 16.4. The molecule has 1 atom stereocenters. The molecule has 1 radical (unpaired) electrons. The normalized spacial score (nSPS) is 16.0. The molecule has 2 bridgehead atoms. The molecule has 0 saturated carbocycles. The summed E-state index contributed by atoms with van der Waals surface area (Å²) in [6, 6.07) is 20.3. The van der Waals surface area contributed by atoms with Gasteiger partial charge in [0.1, 0.15) is 0 Å². The molecule has 3 heterocycles. The average Bonchev–Trinajstić information content (AvgIpc) is 3.53. The number of benzene rings is 2. The minimum Gasteiger partial charge on any atom is -1.00 e. The number of hydrogen-bond acceptors (Lipinski definition) is 1. The number of unbranched alkanes of at least 4 members (excludes halogenated alkanes) is 3. The van der Waals surface area contributed by atoms with Crippen molar-refractivity contribution in [3.63, 3.8) is 0 Å². The summed E-state index contributed by atoms with van der Waals surface area (Å²) in [5, 5.41) is 4.38. The zero-order valence-corrected chi connectivity index (χ0v) is 27.6. The van der Waals surface area contributed by atoms with Gasteiger partial charge in [0.2, 0.25) is 0 Å². The van der Waals surface area contributed by atoms with E-state index in [0.29, 0.717) is 0 Å². The Morgan fingerprint density at radius 1 is 0.892 bits per heavy atom. The van der Waals surface area contributed by atoms with Crippen molar-refractivity contribution in [2.75, 3.05) is 0 Å². The number of allylic oxidation sites excluding steroid dienone is 1. The Labute approximate surface area is 255 Å². The second-order valence-electron chi connectivity index (χ2n) is 10.8. The van der Waals surface area contributed by atoms with Gasteiger partial charge in [-0.3, -0.25) is 0 Å². The third kappa shape index (κ3) is 6.01. The van der Waals surface area contributed by atoms with Crippen molar-refractivity contribution in [3.05, 3.63) is 95.0 Å². The molecule has 4 aromatic rings. The third-order valence-corrected chi connectivity index (χ3v) is 12.1. The molecule has 7 rings (SSSR count). The number of rotatable bonds is 6. The fourth-order valence-electron chi connectivity index (χ4n) is 6.42. The molecular weight excluding hydrogens is 591 g/mol. The molecule has 37 heavy (non-hydrogen) atoms. The first-order valence-electron chi connectivity index (χ1n) is 12.9. The van der Waals surface area contributed by atoms with E-state index in [1.54, 1.807) is 10.8 Å². The van der Waals surface area contributed by atoms with Gasteiger partial charge in [0, 0.05) is 16.7 Å². The van der Waals surface area contributed by atoms with Crippen molar-refractivity contribution in [2.24, 2.45) is 0 Å². The van der Waals surface area contributed by atoms with Crippen LogP contribution in [0.4, 0.5) is 0 Å². The third-order valence-electron chi connectivity index (χ3n) is 7.94. The molecule has 193 valence electrons. The van der Waals surface area contributed by atoms with Gasteiger partial charge in [-0.25, -0.2) is 0 Å². The summed E-state index contributed by atoms with van der Waals surface area (Å²) in [7, 11) is -1.04. The van der Waals surface area contributed by atoms with E-state index in [9.17, 15) is 0 Å². The molecule has 2 aliphatic heterocycles. The molecule has 1 aromatic heterocycles. The van der Waals surface area contributed by atoms with Crippen molar-refractivity contribution < 1.29 is 55.4 Å². The van der Waals surface area contributed by atoms with Crippen LogP contribution in [0.3, 0.4) is 0 Å². The van der Waals surface area contributed by atoms with Crippen LogP contribution < -0.4 is 24.8 Å². The van der Waals surface area contributed by atoms with Gasteiger partial charge in [0.25, 0.3) is 0 Å². The molecule has 5 heteroatoms. The quantitative estimate of drug-likeness (QED) is 0.181. The molecule has 0 amide bonds. The summed E-state index contributed by atoms with van der Waals surface area (Å²) in [6.07, 6.45) is 10.4. The molecule has 0 fully saturated rings. The van der Waals surface area contributed by atoms with Gasteiger partial charge in [-0.15, -0.1) is 34.5 Å². The second kappa shape index (κ2) is 13.2. The standard InChI is InChI=1S/C22H25.C10H12OSi.2ClH.Zr/c1-3-4-5-6-8-18-11-13-19(14-12-18)21-10-7-9-20-15-17(2)16-22(20)21;1-6-9-7-4-11-5-8(7)10(6)12(9,2)3;;;/h7,9-16H,3-6,8H2,1-2H3;4-5,9H,1-3H3;2*1H;/q-1;;;;+3/p-2. The van der Waals surface area contributed by atoms with Crippen molar-refractivity contribution >= 4 is 24.0 Å². The van der Waals surface area contributed by atoms with Gasteiger partial charge in [-0.05, 0) is 36.1 Å². The summed E-state index contributed by atoms with van der Waals surface area (Å²) in [5.74, 6) is 0. The first kappa shape index (κ1) is 32.0. The molecule has 3 aliphatic rings. The molecule has 1 aliphatic carbocycles. The molecule has 1 unspecified atom stereocenters. The SMILES string of the molecule is CC1=C2c3cocc3C1[Si]2(C)C.CCCCCCc1ccc(-c2cccc3[cH-]c(C)cc23)cc1.[Cl-].[Cl-].[Zr+3]. The Hall–Kier alpha value is -1.25. The zero-order chi connectivity index (χ0) is 23.9. The maximum atomic E-state index is 5.22. The first-order valence-corrected chi connectivity index (χ1v) is 16.0. The van der Waals surface area contributed by atoms with Crippen LogP contribution in [0, 0.1) is 6.92 Å². The summed E-state index contributed by atoms with van der Waals surface area (Å²) in [6.45, 7) is 11.6. The predicted octanol–water partition coefficient (Wildman–Crippen LogP) is 3.61. The molecular formula is C32H37Cl2OSiZr. The van der Waals surface area contributed by atoms with E-state index in [1.165, 1.54) is 76.3 Å². The zero-order valence-electron chi connectivity index (χ0n) is 22.6. The summed E-state index contributed by atoms with van der Waals surface area (Å²) < 4.78 is 5.22. The topological polar surface area (TPSA) is 13.1 Å². The smallest absolute Gasteiger partial charge is 1.00 e. The van der Waals surface area contributed by atoms with E-state index < -0.39 is 8.07 Å². The fourth-order valence-corrected chi connectivity index (χ4v) is 10.8. The van der Waals surface area contributed by atoms with Crippen LogP contribution in [-0.4, -0.2) is 8.07 Å². The Balaban J connectivity index is 0.000000274. The van der Waals surface area contributed by atoms with Crippen molar-refractivity contribution in [2.45, 2.75) is 71.5 Å². The van der Waals surface area contributed by atoms with E-state index >= 15 is 0 Å². The van der Waals surface area contributed by atoms with E-state index in [-0.39, 0.29) is 51.0 Å². The second-order valence-corrected chi connectivity index (χ2v) is 15.3. The Morgan fingerprint density at radius 2 is 1.62 bits per heavy atom. The number of hydrogen-bond donors (Lipinski definition) is 0. The molecule has 0 spiro atoms. The number of fused-ring (bicyclic) bond motifs is 1. The van der Waals surface area contributed by atoms with Crippen LogP contribution in [-0.2, 0) is 32.6 Å². The van der Waals surface area contributed by atoms with Crippen molar-refractivity contribution in [1.82, 2.24) is 0 Å². The van der Waals surface area contributed by atoms with E-state index in [0.717, 1.165) is 5.54 Å². The Bertz CT molecular complexity index is 1350. The van der Waals surface area contributed by atoms with Gasteiger partial charge >= 0.3 is 26.2 Å². The number of aryl methyl sites for hydroxylation is 2. The minimum atomic E-state index is -1.04. The Kier molecular flexibility index (Phi) is 11.4. The fraction of sp³-hybridized carbons (Fsp3) is 0.344. The van der Waals surface area contributed by atoms with E-state index in [1.807, 2.05) is 12.5 Å². The van der Waals surface area contributed by atoms with Crippen LogP contribution in [0.1, 0.15) is 67.3 Å². The summed E-state index contributed by atoms with van der Waals surface area (Å²) >= 11 is 0. The van der Waals surface area contributed by atoms with Crippen LogP contribution in [0.5, 0.6) is 0 Å². The maximum Gasteiger partial charge on any atom is 3.00 e. The van der Waals surface area contributed by atoms with Crippen LogP contribution in [0.2, 0.25) is 13.1 Å². The Morgan fingerprint density at radius 3 is 2.27 bits per heavy atom. The number of furan rings is 1. The summed E-state index contributed by atoms with van der Waals surface area (Å²) in [5.41, 5.74) is 10.8. The summed E-state index contributed by atoms with van der Waals surface area (Å²) in [4.78, 5) is 0. The molecule has 0 saturated heterocycles. The van der Waals surface area contributed by atoms with Crippen LogP contribution in [0.15, 0.2) is 77.1 Å². The van der Waals surface area contributed by atoms with E-state index in [4.69, 9.17) is 4.42 Å². The van der Waals surface area contributed by atoms with Gasteiger partial charge in [0.05, 0.1) is 20.6 Å². The minimum absolute atomic E-state index is 0. The van der Waals surface area contributed by atoms with Crippen molar-refractivity contribution in [1.29, 1.82) is 0 Å². The maximum absolute atomic E-state index is 5.22. The average molecular weight is 628 g/mol. The predicted molar refractivity (Wildman–Crippen MR) is 149 cm³/mol. The van der Waals surface area contributed by atoms with Crippen LogP contribution >= 0.6 is 0 Å². The van der Waals surface area contributed by atoms with Crippen molar-refractivity contribution in [3.8, 4) is 11.1 Å². The van der Waals surface area contributed by atoms with Gasteiger partial charge < -0.3 is 29.2 Å². The van der Waals surface area contributed by atoms with E-state index in [2.05, 4.69) is 88.5 Å².